The molecule has 0 bridgehead atoms. The van der Waals surface area contributed by atoms with Crippen LogP contribution in [0.5, 0.6) is 0 Å². The van der Waals surface area contributed by atoms with Gasteiger partial charge in [-0.25, -0.2) is 0 Å². The molecule has 22 heavy (non-hydrogen) atoms. The summed E-state index contributed by atoms with van der Waals surface area (Å²) in [5, 5.41) is 2.89. The van der Waals surface area contributed by atoms with E-state index in [9.17, 15) is 4.79 Å². The third-order valence-electron chi connectivity index (χ3n) is 3.76. The molecule has 1 aliphatic heterocycles. The summed E-state index contributed by atoms with van der Waals surface area (Å²) in [6.07, 6.45) is 1.74. The highest BCUT2D eigenvalue weighted by Crippen LogP contribution is 2.19. The van der Waals surface area contributed by atoms with Crippen molar-refractivity contribution in [2.75, 3.05) is 44.4 Å². The van der Waals surface area contributed by atoms with Gasteiger partial charge in [0.1, 0.15) is 5.82 Å². The number of amides is 1. The van der Waals surface area contributed by atoms with E-state index in [0.717, 1.165) is 25.9 Å². The minimum absolute atomic E-state index is 0.122. The number of likely N-dealkylation sites (tertiary alicyclic amines) is 1. The summed E-state index contributed by atoms with van der Waals surface area (Å²) in [5.74, 6) is 1.77. The average molecular weight is 307 g/mol. The molecule has 0 atom stereocenters. The van der Waals surface area contributed by atoms with E-state index in [-0.39, 0.29) is 17.8 Å². The van der Waals surface area contributed by atoms with E-state index in [0.29, 0.717) is 24.9 Å². The molecule has 0 aromatic carbocycles. The molecule has 8 heteroatoms. The Morgan fingerprint density at radius 3 is 2.59 bits per heavy atom. The zero-order valence-electron chi connectivity index (χ0n) is 13.5. The Bertz CT molecular complexity index is 512. The summed E-state index contributed by atoms with van der Waals surface area (Å²) in [7, 11) is 3.74. The van der Waals surface area contributed by atoms with E-state index in [4.69, 9.17) is 5.73 Å². The maximum absolute atomic E-state index is 11.8. The van der Waals surface area contributed by atoms with Crippen molar-refractivity contribution >= 4 is 17.8 Å². The van der Waals surface area contributed by atoms with Gasteiger partial charge in [0.15, 0.2) is 0 Å². The molecule has 8 nitrogen and oxygen atoms in total. The lowest BCUT2D eigenvalue weighted by Crippen LogP contribution is -2.40. The first kappa shape index (κ1) is 16.4. The highest BCUT2D eigenvalue weighted by molar-refractivity contribution is 5.78. The topological polar surface area (TPSA) is 100 Å². The van der Waals surface area contributed by atoms with Crippen LogP contribution in [0.25, 0.3) is 0 Å². The van der Waals surface area contributed by atoms with Gasteiger partial charge < -0.3 is 16.0 Å². The summed E-state index contributed by atoms with van der Waals surface area (Å²) in [6.45, 7) is 5.00. The minimum Gasteiger partial charge on any atom is -0.368 e. The van der Waals surface area contributed by atoms with Crippen molar-refractivity contribution in [2.24, 2.45) is 5.92 Å². The number of nitrogens with one attached hydrogen (secondary N) is 1. The van der Waals surface area contributed by atoms with Crippen LogP contribution in [0.2, 0.25) is 0 Å². The van der Waals surface area contributed by atoms with Gasteiger partial charge in [0.2, 0.25) is 17.8 Å². The van der Waals surface area contributed by atoms with Gasteiger partial charge in [0.25, 0.3) is 0 Å². The molecule has 0 saturated carbocycles. The van der Waals surface area contributed by atoms with Crippen molar-refractivity contribution in [3.8, 4) is 0 Å². The molecule has 0 spiro atoms. The van der Waals surface area contributed by atoms with Gasteiger partial charge in [-0.3, -0.25) is 9.69 Å². The van der Waals surface area contributed by atoms with E-state index < -0.39 is 0 Å². The Hall–Kier alpha value is -1.96. The van der Waals surface area contributed by atoms with Crippen LogP contribution in [0, 0.1) is 5.92 Å². The van der Waals surface area contributed by atoms with Crippen molar-refractivity contribution in [3.63, 3.8) is 0 Å². The standard InChI is InChI=1S/C14H25N7O/c1-4-16-12(22)10-5-7-21(8-6-10)9-11-17-13(15)19-14(18-11)20(2)3/h10H,4-9H2,1-3H3,(H,16,22)(H2,15,17,18,19). The van der Waals surface area contributed by atoms with E-state index in [1.807, 2.05) is 25.9 Å². The molecule has 122 valence electrons. The predicted octanol–water partition coefficient (Wildman–Crippen LogP) is -0.132. The third-order valence-corrected chi connectivity index (χ3v) is 3.76. The van der Waals surface area contributed by atoms with Crippen LogP contribution in [-0.2, 0) is 11.3 Å². The van der Waals surface area contributed by atoms with Crippen molar-refractivity contribution in [1.82, 2.24) is 25.2 Å². The molecule has 1 fully saturated rings. The van der Waals surface area contributed by atoms with E-state index in [2.05, 4.69) is 25.2 Å². The fraction of sp³-hybridized carbons (Fsp3) is 0.714. The van der Waals surface area contributed by atoms with Crippen LogP contribution in [0.15, 0.2) is 0 Å². The van der Waals surface area contributed by atoms with Gasteiger partial charge in [-0.05, 0) is 32.9 Å². The number of nitrogen functional groups attached to an aromatic ring is 1. The monoisotopic (exact) mass is 307 g/mol. The fourth-order valence-electron chi connectivity index (χ4n) is 2.57. The lowest BCUT2D eigenvalue weighted by molar-refractivity contribution is -0.126. The zero-order valence-corrected chi connectivity index (χ0v) is 13.5. The molecule has 3 N–H and O–H groups in total. The molecule has 1 aromatic rings. The van der Waals surface area contributed by atoms with Gasteiger partial charge in [-0.15, -0.1) is 0 Å². The Balaban J connectivity index is 1.92. The second-order valence-electron chi connectivity index (χ2n) is 5.75. The van der Waals surface area contributed by atoms with Gasteiger partial charge in [0, 0.05) is 26.6 Å². The summed E-state index contributed by atoms with van der Waals surface area (Å²) < 4.78 is 0. The number of carbonyl (C=O) groups excluding carboxylic acids is 1. The lowest BCUT2D eigenvalue weighted by atomic mass is 9.96. The van der Waals surface area contributed by atoms with Gasteiger partial charge in [-0.1, -0.05) is 0 Å². The highest BCUT2D eigenvalue weighted by Gasteiger charge is 2.25. The number of hydrogen-bond donors (Lipinski definition) is 2. The first-order valence-corrected chi connectivity index (χ1v) is 7.67. The molecule has 0 aliphatic carbocycles. The molecule has 1 amide bonds. The SMILES string of the molecule is CCNC(=O)C1CCN(Cc2nc(N)nc(N(C)C)n2)CC1. The van der Waals surface area contributed by atoms with Gasteiger partial charge in [0.05, 0.1) is 6.54 Å². The second kappa shape index (κ2) is 7.35. The van der Waals surface area contributed by atoms with Crippen molar-refractivity contribution < 1.29 is 4.79 Å². The van der Waals surface area contributed by atoms with Crippen molar-refractivity contribution in [3.05, 3.63) is 5.82 Å². The average Bonchev–Trinajstić information content (AvgIpc) is 2.47. The van der Waals surface area contributed by atoms with Crippen LogP contribution in [0.4, 0.5) is 11.9 Å². The van der Waals surface area contributed by atoms with Gasteiger partial charge in [-0.2, -0.15) is 15.0 Å². The van der Waals surface area contributed by atoms with Crippen LogP contribution >= 0.6 is 0 Å². The highest BCUT2D eigenvalue weighted by atomic mass is 16.1. The molecule has 1 saturated heterocycles. The largest absolute Gasteiger partial charge is 0.368 e. The summed E-state index contributed by atoms with van der Waals surface area (Å²) in [6, 6.07) is 0. The first-order chi connectivity index (χ1) is 10.5. The number of piperidine rings is 1. The first-order valence-electron chi connectivity index (χ1n) is 7.67. The van der Waals surface area contributed by atoms with E-state index >= 15 is 0 Å². The molecular formula is C14H25N7O. The van der Waals surface area contributed by atoms with Crippen molar-refractivity contribution in [2.45, 2.75) is 26.3 Å². The Morgan fingerprint density at radius 2 is 2.00 bits per heavy atom. The molecule has 2 heterocycles. The number of nitrogens with zero attached hydrogens (tertiary/aromatic N) is 5. The second-order valence-corrected chi connectivity index (χ2v) is 5.75. The molecule has 2 rings (SSSR count). The Morgan fingerprint density at radius 1 is 1.32 bits per heavy atom. The molecule has 1 aromatic heterocycles. The number of carbonyl (C=O) groups is 1. The van der Waals surface area contributed by atoms with Crippen LogP contribution in [0.1, 0.15) is 25.6 Å². The minimum atomic E-state index is 0.122. The summed E-state index contributed by atoms with van der Waals surface area (Å²) >= 11 is 0. The number of nitrogens with two attached hydrogens (primary N) is 1. The Kier molecular flexibility index (Phi) is 5.48. The molecular weight excluding hydrogens is 282 g/mol. The maximum atomic E-state index is 11.8. The van der Waals surface area contributed by atoms with Crippen LogP contribution in [-0.4, -0.2) is 59.5 Å². The van der Waals surface area contributed by atoms with Crippen LogP contribution in [0.3, 0.4) is 0 Å². The number of anilines is 2. The normalized spacial score (nSPS) is 16.5. The Labute approximate surface area is 131 Å². The van der Waals surface area contributed by atoms with E-state index in [1.165, 1.54) is 0 Å². The predicted molar refractivity (Wildman–Crippen MR) is 85.3 cm³/mol. The van der Waals surface area contributed by atoms with Crippen molar-refractivity contribution in [1.29, 1.82) is 0 Å². The van der Waals surface area contributed by atoms with E-state index in [1.54, 1.807) is 0 Å². The zero-order chi connectivity index (χ0) is 16.1. The van der Waals surface area contributed by atoms with Gasteiger partial charge >= 0.3 is 0 Å². The third kappa shape index (κ3) is 4.27. The quantitative estimate of drug-likeness (QED) is 0.781. The lowest BCUT2D eigenvalue weighted by Gasteiger charge is -2.30. The molecule has 1 aliphatic rings. The fourth-order valence-corrected chi connectivity index (χ4v) is 2.57. The smallest absolute Gasteiger partial charge is 0.229 e. The number of aromatic nitrogens is 3. The summed E-state index contributed by atoms with van der Waals surface area (Å²) in [5.41, 5.74) is 5.74. The summed E-state index contributed by atoms with van der Waals surface area (Å²) in [4.78, 5) is 28.6. The maximum Gasteiger partial charge on any atom is 0.229 e. The number of rotatable bonds is 5. The molecule has 0 radical (unpaired) electrons. The molecule has 0 unspecified atom stereocenters. The number of hydrogen-bond acceptors (Lipinski definition) is 7. The van der Waals surface area contributed by atoms with Crippen LogP contribution < -0.4 is 16.0 Å².